The molecule has 1 aliphatic rings. The van der Waals surface area contributed by atoms with Gasteiger partial charge < -0.3 is 14.6 Å². The van der Waals surface area contributed by atoms with Crippen LogP contribution in [-0.4, -0.2) is 18.1 Å². The molecule has 1 aromatic carbocycles. The second kappa shape index (κ2) is 4.62. The molecule has 3 heteroatoms. The standard InChI is InChI=1S/C16H21N3/c1-10-8-11(2)13(4)16(12(10)3)19-9-15(17-6)18(7)14(19)5/h8-9,14H,1-5,7H3/t14-/m0/s1. The zero-order valence-electron chi connectivity index (χ0n) is 12.6. The Morgan fingerprint density at radius 2 is 1.63 bits per heavy atom. The van der Waals surface area contributed by atoms with Crippen LogP contribution in [0.1, 0.15) is 29.2 Å². The summed E-state index contributed by atoms with van der Waals surface area (Å²) in [5, 5.41) is 0. The van der Waals surface area contributed by atoms with Crippen molar-refractivity contribution in [2.75, 3.05) is 11.9 Å². The molecule has 0 fully saturated rings. The van der Waals surface area contributed by atoms with Gasteiger partial charge in [0.25, 0.3) is 0 Å². The van der Waals surface area contributed by atoms with Gasteiger partial charge in [-0.3, -0.25) is 0 Å². The molecule has 0 N–H and O–H groups in total. The lowest BCUT2D eigenvalue weighted by Crippen LogP contribution is -2.35. The molecule has 19 heavy (non-hydrogen) atoms. The Hall–Kier alpha value is -1.95. The zero-order chi connectivity index (χ0) is 14.3. The molecule has 0 amide bonds. The minimum Gasteiger partial charge on any atom is -0.363 e. The fourth-order valence-corrected chi connectivity index (χ4v) is 2.64. The van der Waals surface area contributed by atoms with E-state index in [9.17, 15) is 0 Å². The van der Waals surface area contributed by atoms with Crippen molar-refractivity contribution in [2.24, 2.45) is 0 Å². The van der Waals surface area contributed by atoms with Crippen molar-refractivity contribution < 1.29 is 0 Å². The number of hydrogen-bond donors (Lipinski definition) is 0. The van der Waals surface area contributed by atoms with E-state index in [1.165, 1.54) is 27.9 Å². The molecule has 3 nitrogen and oxygen atoms in total. The molecule has 0 unspecified atom stereocenters. The van der Waals surface area contributed by atoms with E-state index in [4.69, 9.17) is 6.57 Å². The maximum atomic E-state index is 7.25. The molecule has 2 rings (SSSR count). The van der Waals surface area contributed by atoms with Crippen LogP contribution in [0.4, 0.5) is 5.69 Å². The first kappa shape index (κ1) is 13.5. The molecule has 0 radical (unpaired) electrons. The molecule has 0 aliphatic carbocycles. The van der Waals surface area contributed by atoms with Gasteiger partial charge in [-0.1, -0.05) is 12.6 Å². The highest BCUT2D eigenvalue weighted by Gasteiger charge is 2.30. The van der Waals surface area contributed by atoms with Gasteiger partial charge in [0.05, 0.1) is 7.05 Å². The first-order valence-electron chi connectivity index (χ1n) is 6.56. The van der Waals surface area contributed by atoms with Crippen molar-refractivity contribution in [3.8, 4) is 0 Å². The first-order valence-corrected chi connectivity index (χ1v) is 6.56. The summed E-state index contributed by atoms with van der Waals surface area (Å²) < 4.78 is 0. The van der Waals surface area contributed by atoms with Gasteiger partial charge in [0.2, 0.25) is 5.82 Å². The predicted octanol–water partition coefficient (Wildman–Crippen LogP) is 3.74. The molecule has 1 aliphatic heterocycles. The van der Waals surface area contributed by atoms with Crippen molar-refractivity contribution in [3.05, 3.63) is 51.8 Å². The van der Waals surface area contributed by atoms with Crippen LogP contribution in [-0.2, 0) is 0 Å². The van der Waals surface area contributed by atoms with Crippen LogP contribution in [0.25, 0.3) is 4.85 Å². The van der Waals surface area contributed by atoms with Crippen LogP contribution in [0.3, 0.4) is 0 Å². The molecule has 1 heterocycles. The van der Waals surface area contributed by atoms with E-state index >= 15 is 0 Å². The molecular weight excluding hydrogens is 234 g/mol. The van der Waals surface area contributed by atoms with E-state index in [1.54, 1.807) is 0 Å². The lowest BCUT2D eigenvalue weighted by molar-refractivity contribution is 0.364. The van der Waals surface area contributed by atoms with Gasteiger partial charge in [-0.2, -0.15) is 0 Å². The van der Waals surface area contributed by atoms with E-state index in [0.29, 0.717) is 5.82 Å². The predicted molar refractivity (Wildman–Crippen MR) is 79.8 cm³/mol. The topological polar surface area (TPSA) is 10.8 Å². The van der Waals surface area contributed by atoms with E-state index in [0.717, 1.165) is 0 Å². The van der Waals surface area contributed by atoms with Crippen LogP contribution >= 0.6 is 0 Å². The largest absolute Gasteiger partial charge is 0.363 e. The second-order valence-corrected chi connectivity index (χ2v) is 5.36. The molecule has 0 saturated heterocycles. The monoisotopic (exact) mass is 255 g/mol. The molecule has 0 spiro atoms. The minimum atomic E-state index is 0.183. The summed E-state index contributed by atoms with van der Waals surface area (Å²) in [4.78, 5) is 7.83. The SMILES string of the molecule is [C-]#[N+]C1=CN(c2c(C)c(C)cc(C)c2C)[C@@H](C)N1C. The summed E-state index contributed by atoms with van der Waals surface area (Å²) in [6, 6.07) is 2.23. The average Bonchev–Trinajstić information content (AvgIpc) is 2.65. The van der Waals surface area contributed by atoms with E-state index in [1.807, 2.05) is 18.1 Å². The summed E-state index contributed by atoms with van der Waals surface area (Å²) in [6.45, 7) is 18.0. The summed E-state index contributed by atoms with van der Waals surface area (Å²) >= 11 is 0. The van der Waals surface area contributed by atoms with Crippen LogP contribution in [0.5, 0.6) is 0 Å². The molecule has 1 aromatic rings. The lowest BCUT2D eigenvalue weighted by atomic mass is 9.98. The third-order valence-corrected chi connectivity index (χ3v) is 4.28. The number of aryl methyl sites for hydroxylation is 2. The lowest BCUT2D eigenvalue weighted by Gasteiger charge is -2.29. The zero-order valence-corrected chi connectivity index (χ0v) is 12.6. The molecular formula is C16H21N3. The molecule has 0 bridgehead atoms. The Balaban J connectivity index is 2.61. The van der Waals surface area contributed by atoms with Crippen molar-refractivity contribution >= 4 is 5.69 Å². The van der Waals surface area contributed by atoms with Crippen molar-refractivity contribution in [2.45, 2.75) is 40.8 Å². The van der Waals surface area contributed by atoms with Crippen LogP contribution in [0.15, 0.2) is 18.1 Å². The van der Waals surface area contributed by atoms with Crippen molar-refractivity contribution in [1.82, 2.24) is 4.90 Å². The summed E-state index contributed by atoms with van der Waals surface area (Å²) in [6.07, 6.45) is 2.15. The molecule has 0 aromatic heterocycles. The number of benzene rings is 1. The Kier molecular flexibility index (Phi) is 3.28. The van der Waals surface area contributed by atoms with Gasteiger partial charge in [-0.25, -0.2) is 0 Å². The van der Waals surface area contributed by atoms with Gasteiger partial charge >= 0.3 is 0 Å². The number of anilines is 1. The highest BCUT2D eigenvalue weighted by atomic mass is 15.4. The summed E-state index contributed by atoms with van der Waals surface area (Å²) in [7, 11) is 1.97. The molecule has 100 valence electrons. The van der Waals surface area contributed by atoms with Crippen molar-refractivity contribution in [1.29, 1.82) is 0 Å². The van der Waals surface area contributed by atoms with E-state index in [2.05, 4.69) is 50.4 Å². The van der Waals surface area contributed by atoms with E-state index < -0.39 is 0 Å². The average molecular weight is 255 g/mol. The number of hydrogen-bond acceptors (Lipinski definition) is 2. The number of nitrogens with zero attached hydrogens (tertiary/aromatic N) is 3. The third-order valence-electron chi connectivity index (χ3n) is 4.28. The Morgan fingerprint density at radius 1 is 1.11 bits per heavy atom. The minimum absolute atomic E-state index is 0.183. The van der Waals surface area contributed by atoms with Crippen molar-refractivity contribution in [3.63, 3.8) is 0 Å². The fourth-order valence-electron chi connectivity index (χ4n) is 2.64. The summed E-state index contributed by atoms with van der Waals surface area (Å²) in [5.74, 6) is 0.699. The normalized spacial score (nSPS) is 18.6. The molecule has 0 saturated carbocycles. The highest BCUT2D eigenvalue weighted by Crippen LogP contribution is 2.35. The van der Waals surface area contributed by atoms with Gasteiger partial charge in [0.1, 0.15) is 0 Å². The summed E-state index contributed by atoms with van der Waals surface area (Å²) in [5.41, 5.74) is 6.45. The molecule has 1 atom stereocenters. The Bertz CT molecular complexity index is 567. The number of rotatable bonds is 1. The van der Waals surface area contributed by atoms with Crippen LogP contribution in [0, 0.1) is 34.3 Å². The van der Waals surface area contributed by atoms with E-state index in [-0.39, 0.29) is 6.17 Å². The Morgan fingerprint density at radius 3 is 2.05 bits per heavy atom. The maximum Gasteiger partial charge on any atom is 0.243 e. The van der Waals surface area contributed by atoms with Gasteiger partial charge in [-0.05, 0) is 56.9 Å². The third kappa shape index (κ3) is 1.98. The van der Waals surface area contributed by atoms with Gasteiger partial charge in [0, 0.05) is 11.9 Å². The van der Waals surface area contributed by atoms with Gasteiger partial charge in [-0.15, -0.1) is 0 Å². The maximum absolute atomic E-state index is 7.25. The quantitative estimate of drug-likeness (QED) is 0.708. The smallest absolute Gasteiger partial charge is 0.243 e. The second-order valence-electron chi connectivity index (χ2n) is 5.36. The Labute approximate surface area is 116 Å². The fraction of sp³-hybridized carbons (Fsp3) is 0.438. The van der Waals surface area contributed by atoms with Crippen LogP contribution < -0.4 is 4.90 Å². The first-order chi connectivity index (χ1) is 8.88. The van der Waals surface area contributed by atoms with Gasteiger partial charge in [0.15, 0.2) is 6.17 Å². The van der Waals surface area contributed by atoms with Crippen LogP contribution in [0.2, 0.25) is 0 Å². The highest BCUT2D eigenvalue weighted by molar-refractivity contribution is 5.67.